The van der Waals surface area contributed by atoms with Crippen LogP contribution >= 0.6 is 0 Å². The number of aromatic nitrogens is 2. The molecule has 1 aliphatic carbocycles. The highest BCUT2D eigenvalue weighted by Crippen LogP contribution is 2.32. The van der Waals surface area contributed by atoms with Crippen LogP contribution in [0.25, 0.3) is 5.65 Å². The highest BCUT2D eigenvalue weighted by Gasteiger charge is 2.35. The first-order valence-electron chi connectivity index (χ1n) is 10.9. The number of benzene rings is 1. The van der Waals surface area contributed by atoms with Crippen molar-refractivity contribution < 1.29 is 14.3 Å². The molecule has 0 bridgehead atoms. The summed E-state index contributed by atoms with van der Waals surface area (Å²) in [5.74, 6) is 1.14. The lowest BCUT2D eigenvalue weighted by Gasteiger charge is -2.31. The fourth-order valence-electron chi connectivity index (χ4n) is 4.07. The molecular weight excluding hydrogens is 392 g/mol. The minimum atomic E-state index is -0.0641. The first kappa shape index (κ1) is 19.6. The summed E-state index contributed by atoms with van der Waals surface area (Å²) in [4.78, 5) is 31.4. The lowest BCUT2D eigenvalue weighted by Crippen LogP contribution is -2.42. The van der Waals surface area contributed by atoms with Gasteiger partial charge in [0, 0.05) is 49.1 Å². The van der Waals surface area contributed by atoms with Gasteiger partial charge in [-0.05, 0) is 49.9 Å². The fraction of sp³-hybridized carbons (Fsp3) is 0.375. The molecule has 2 aliphatic rings. The van der Waals surface area contributed by atoms with Crippen LogP contribution in [-0.2, 0) is 16.2 Å². The number of nitrogens with zero attached hydrogens (tertiary/aromatic N) is 3. The lowest BCUT2D eigenvalue weighted by atomic mass is 9.95. The molecule has 1 saturated carbocycles. The molecule has 7 nitrogen and oxygen atoms in total. The number of rotatable bonds is 6. The van der Waals surface area contributed by atoms with Crippen LogP contribution in [0.15, 0.2) is 54.9 Å². The second kappa shape index (κ2) is 8.41. The van der Waals surface area contributed by atoms with Crippen LogP contribution in [0, 0.1) is 11.8 Å². The molecule has 2 aromatic heterocycles. The molecule has 7 heteroatoms. The van der Waals surface area contributed by atoms with Crippen molar-refractivity contribution in [1.29, 1.82) is 0 Å². The molecule has 2 fully saturated rings. The average Bonchev–Trinajstić information content (AvgIpc) is 3.56. The highest BCUT2D eigenvalue weighted by molar-refractivity contribution is 5.93. The molecule has 0 radical (unpaired) electrons. The average molecular weight is 418 g/mol. The zero-order chi connectivity index (χ0) is 21.2. The summed E-state index contributed by atoms with van der Waals surface area (Å²) in [6, 6.07) is 13.3. The number of piperidine rings is 1. The van der Waals surface area contributed by atoms with Crippen molar-refractivity contribution in [2.75, 3.05) is 18.4 Å². The van der Waals surface area contributed by atoms with Crippen molar-refractivity contribution in [3.8, 4) is 5.75 Å². The number of hydrogen-bond acceptors (Lipinski definition) is 4. The van der Waals surface area contributed by atoms with E-state index in [9.17, 15) is 9.59 Å². The van der Waals surface area contributed by atoms with E-state index in [0.717, 1.165) is 24.2 Å². The number of anilines is 1. The van der Waals surface area contributed by atoms with Gasteiger partial charge in [0.05, 0.1) is 5.69 Å². The Morgan fingerprint density at radius 1 is 1.03 bits per heavy atom. The zero-order valence-electron chi connectivity index (χ0n) is 17.4. The van der Waals surface area contributed by atoms with Gasteiger partial charge in [-0.2, -0.15) is 0 Å². The third kappa shape index (κ3) is 4.55. The molecule has 2 amide bonds. The van der Waals surface area contributed by atoms with Gasteiger partial charge in [0.25, 0.3) is 0 Å². The minimum absolute atomic E-state index is 0.0102. The molecule has 3 heterocycles. The van der Waals surface area contributed by atoms with Gasteiger partial charge in [-0.15, -0.1) is 0 Å². The third-order valence-electron chi connectivity index (χ3n) is 6.01. The summed E-state index contributed by atoms with van der Waals surface area (Å²) in [6.07, 6.45) is 7.38. The van der Waals surface area contributed by atoms with Crippen LogP contribution < -0.4 is 10.1 Å². The number of fused-ring (bicyclic) bond motifs is 1. The smallest absolute Gasteiger partial charge is 0.227 e. The van der Waals surface area contributed by atoms with E-state index in [1.807, 2.05) is 64.2 Å². The summed E-state index contributed by atoms with van der Waals surface area (Å²) in [7, 11) is 0. The van der Waals surface area contributed by atoms with Gasteiger partial charge in [0.2, 0.25) is 11.8 Å². The van der Waals surface area contributed by atoms with Crippen LogP contribution in [0.5, 0.6) is 5.75 Å². The van der Waals surface area contributed by atoms with Crippen LogP contribution in [0.4, 0.5) is 5.69 Å². The van der Waals surface area contributed by atoms with Crippen molar-refractivity contribution in [2.45, 2.75) is 32.3 Å². The Morgan fingerprint density at radius 2 is 1.87 bits per heavy atom. The van der Waals surface area contributed by atoms with Gasteiger partial charge in [0.15, 0.2) is 0 Å². The molecule has 1 saturated heterocycles. The Hall–Kier alpha value is -3.35. The topological polar surface area (TPSA) is 75.9 Å². The number of carbonyl (C=O) groups excluding carboxylic acids is 2. The van der Waals surface area contributed by atoms with Crippen LogP contribution in [-0.4, -0.2) is 39.2 Å². The first-order chi connectivity index (χ1) is 15.2. The summed E-state index contributed by atoms with van der Waals surface area (Å²) < 4.78 is 7.84. The Morgan fingerprint density at radius 3 is 2.65 bits per heavy atom. The van der Waals surface area contributed by atoms with E-state index < -0.39 is 0 Å². The predicted octanol–water partition coefficient (Wildman–Crippen LogP) is 3.50. The van der Waals surface area contributed by atoms with E-state index in [1.165, 1.54) is 0 Å². The van der Waals surface area contributed by atoms with Crippen LogP contribution in [0.1, 0.15) is 31.4 Å². The van der Waals surface area contributed by atoms with E-state index in [-0.39, 0.29) is 23.7 Å². The summed E-state index contributed by atoms with van der Waals surface area (Å²) in [5.41, 5.74) is 2.44. The quantitative estimate of drug-likeness (QED) is 0.665. The number of likely N-dealkylation sites (tertiary alicyclic amines) is 1. The third-order valence-corrected chi connectivity index (χ3v) is 6.01. The molecule has 31 heavy (non-hydrogen) atoms. The van der Waals surface area contributed by atoms with Crippen LogP contribution in [0.3, 0.4) is 0 Å². The van der Waals surface area contributed by atoms with Gasteiger partial charge < -0.3 is 19.4 Å². The Balaban J connectivity index is 1.14. The molecule has 1 N–H and O–H groups in total. The number of ether oxygens (including phenoxy) is 1. The highest BCUT2D eigenvalue weighted by atomic mass is 16.5. The molecular formula is C24H26N4O3. The monoisotopic (exact) mass is 418 g/mol. The molecule has 0 spiro atoms. The predicted molar refractivity (Wildman–Crippen MR) is 117 cm³/mol. The van der Waals surface area contributed by atoms with Crippen molar-refractivity contribution in [2.24, 2.45) is 11.8 Å². The summed E-state index contributed by atoms with van der Waals surface area (Å²) >= 11 is 0. The number of pyridine rings is 1. The Labute approximate surface area is 181 Å². The van der Waals surface area contributed by atoms with Crippen molar-refractivity contribution in [1.82, 2.24) is 14.3 Å². The van der Waals surface area contributed by atoms with Gasteiger partial charge in [-0.1, -0.05) is 12.1 Å². The lowest BCUT2D eigenvalue weighted by molar-refractivity contribution is -0.135. The standard InChI is InChI=1S/C24H26N4O3/c29-23(17-9-12-27(13-10-17)24(30)18-7-8-18)26-19-4-3-5-21(14-19)31-16-20-15-28-11-2-1-6-22(28)25-20/h1-6,11,14-15,17-18H,7-10,12-13,16H2,(H,26,29). The summed E-state index contributed by atoms with van der Waals surface area (Å²) in [5, 5.41) is 3.01. The number of nitrogens with one attached hydrogen (secondary N) is 1. The minimum Gasteiger partial charge on any atom is -0.487 e. The molecule has 0 unspecified atom stereocenters. The molecule has 0 atom stereocenters. The maximum absolute atomic E-state index is 12.7. The molecule has 3 aromatic rings. The summed E-state index contributed by atoms with van der Waals surface area (Å²) in [6.45, 7) is 1.71. The van der Waals surface area contributed by atoms with Gasteiger partial charge in [-0.25, -0.2) is 4.98 Å². The van der Waals surface area contributed by atoms with E-state index >= 15 is 0 Å². The largest absolute Gasteiger partial charge is 0.487 e. The molecule has 5 rings (SSSR count). The van der Waals surface area contributed by atoms with Crippen molar-refractivity contribution in [3.05, 3.63) is 60.6 Å². The second-order valence-electron chi connectivity index (χ2n) is 8.38. The Kier molecular flexibility index (Phi) is 5.32. The Bertz CT molecular complexity index is 1060. The molecule has 1 aromatic carbocycles. The number of hydrogen-bond donors (Lipinski definition) is 1. The molecule has 1 aliphatic heterocycles. The van der Waals surface area contributed by atoms with E-state index in [0.29, 0.717) is 44.0 Å². The van der Waals surface area contributed by atoms with E-state index in [4.69, 9.17) is 4.74 Å². The van der Waals surface area contributed by atoms with Crippen molar-refractivity contribution >= 4 is 23.1 Å². The SMILES string of the molecule is O=C(Nc1cccc(OCc2cn3ccccc3n2)c1)C1CCN(C(=O)C2CC2)CC1. The maximum Gasteiger partial charge on any atom is 0.227 e. The first-order valence-corrected chi connectivity index (χ1v) is 10.9. The van der Waals surface area contributed by atoms with Crippen molar-refractivity contribution in [3.63, 3.8) is 0 Å². The molecule has 160 valence electrons. The van der Waals surface area contributed by atoms with Gasteiger partial charge >= 0.3 is 0 Å². The number of imidazole rings is 1. The maximum atomic E-state index is 12.7. The van der Waals surface area contributed by atoms with E-state index in [2.05, 4.69) is 10.3 Å². The second-order valence-corrected chi connectivity index (χ2v) is 8.38. The zero-order valence-corrected chi connectivity index (χ0v) is 17.4. The van der Waals surface area contributed by atoms with Crippen LogP contribution in [0.2, 0.25) is 0 Å². The van der Waals surface area contributed by atoms with E-state index in [1.54, 1.807) is 0 Å². The van der Waals surface area contributed by atoms with Gasteiger partial charge in [-0.3, -0.25) is 9.59 Å². The van der Waals surface area contributed by atoms with Gasteiger partial charge in [0.1, 0.15) is 18.0 Å². The number of amides is 2. The number of carbonyl (C=O) groups is 2. The normalized spacial score (nSPS) is 17.0. The fourth-order valence-corrected chi connectivity index (χ4v) is 4.07.